The van der Waals surface area contributed by atoms with E-state index in [0.29, 0.717) is 31.9 Å². The molecule has 6 aromatic heterocycles. The lowest BCUT2D eigenvalue weighted by Crippen LogP contribution is -2.41. The number of nitrogens with one attached hydrogen (secondary N) is 2. The standard InChI is InChI=1S/C25H32N6O4S.C19H23N7O2S.C17H20N6OS.2ClH/c1-25(2,3)35-19(33)12-11-18(32)28-15-6-8-16(9-7-15)31-22-17(21(30-31)23(26)34)10-5-14-13-27-24(36-4)29-20(14)22;1-29-19-22-9-10-2-7-13-16(18(21)28)25-26(17(13)15(10)24-19)12-5-3-11(4-6-12)23-14(27)8-20;1-25-17-20-8-9-2-7-12-14(16(19)24)22-23(15(12)13(9)21-17)11-5-3-10(18)4-6-11;;/h5,10,13,15-16H,6-9,11-12H2,1-4H3,(H2,26,34)(H,28,32);2,7,9,11-12H,3-6,8,20H2,1H3,(H2,21,28)(H,23,27);2,7-8,10-11H,3-6,18H2,1H3,(H2,19,24);2*1H. The van der Waals surface area contributed by atoms with Gasteiger partial charge >= 0.3 is 5.97 Å². The van der Waals surface area contributed by atoms with Crippen LogP contribution in [0.25, 0.3) is 65.4 Å². The van der Waals surface area contributed by atoms with Crippen LogP contribution in [0.3, 0.4) is 0 Å². The van der Waals surface area contributed by atoms with Crippen molar-refractivity contribution >= 4 is 161 Å². The molecule has 3 aliphatic rings. The van der Waals surface area contributed by atoms with Gasteiger partial charge in [0.05, 0.1) is 47.6 Å². The lowest BCUT2D eigenvalue weighted by molar-refractivity contribution is -0.155. The van der Waals surface area contributed by atoms with Crippen molar-refractivity contribution in [3.8, 4) is 0 Å². The molecule has 9 aromatic rings. The van der Waals surface area contributed by atoms with E-state index in [1.165, 1.54) is 35.3 Å². The van der Waals surface area contributed by atoms with E-state index in [1.54, 1.807) is 33.2 Å². The van der Waals surface area contributed by atoms with E-state index in [9.17, 15) is 28.8 Å². The first-order valence-electron chi connectivity index (χ1n) is 30.0. The Kier molecular flexibility index (Phi) is 23.3. The number of hydrogen-bond acceptors (Lipinski definition) is 21. The SMILES string of the molecule is CSc1ncc2ccc3c(C(N)=O)nn(C4CCC(N)CC4)c3c2n1.CSc1ncc2ccc3c(C(N)=O)nn(C4CCC(NC(=O)CCC(=O)OC(C)(C)C)CC4)c3c2n1.CSc1ncc2ccc3c(C(N)=O)nn(C4CCC(NC(=O)CN)CC4)c3c2n1.Cl.Cl. The van der Waals surface area contributed by atoms with E-state index in [0.717, 1.165) is 132 Å². The summed E-state index contributed by atoms with van der Waals surface area (Å²) in [5.74, 6) is -2.33. The van der Waals surface area contributed by atoms with Crippen molar-refractivity contribution in [2.24, 2.45) is 28.7 Å². The first-order valence-corrected chi connectivity index (χ1v) is 33.6. The molecule has 490 valence electrons. The Labute approximate surface area is 555 Å². The summed E-state index contributed by atoms with van der Waals surface area (Å²) >= 11 is 4.40. The molecular weight excluding hydrogens is 1280 g/mol. The van der Waals surface area contributed by atoms with E-state index in [4.69, 9.17) is 38.4 Å². The molecule has 92 heavy (non-hydrogen) atoms. The van der Waals surface area contributed by atoms with Crippen molar-refractivity contribution < 1.29 is 33.5 Å². The molecular formula is C61H77Cl2N19O7S3. The van der Waals surface area contributed by atoms with Gasteiger partial charge in [0.15, 0.2) is 32.6 Å². The van der Waals surface area contributed by atoms with E-state index >= 15 is 0 Å². The number of carbonyl (C=O) groups is 6. The maximum atomic E-state index is 12.4. The third-order valence-corrected chi connectivity index (χ3v) is 18.2. The maximum Gasteiger partial charge on any atom is 0.306 e. The number of thioether (sulfide) groups is 3. The summed E-state index contributed by atoms with van der Waals surface area (Å²) in [7, 11) is 0. The summed E-state index contributed by atoms with van der Waals surface area (Å²) in [4.78, 5) is 99.1. The number of nitrogens with zero attached hydrogens (tertiary/aromatic N) is 12. The van der Waals surface area contributed by atoms with Gasteiger partial charge in [-0.2, -0.15) is 15.3 Å². The smallest absolute Gasteiger partial charge is 0.306 e. The van der Waals surface area contributed by atoms with Crippen LogP contribution in [0.1, 0.15) is 160 Å². The Morgan fingerprint density at radius 2 is 0.837 bits per heavy atom. The molecule has 0 unspecified atom stereocenters. The molecule has 0 spiro atoms. The van der Waals surface area contributed by atoms with Gasteiger partial charge in [-0.25, -0.2) is 29.9 Å². The molecule has 0 saturated heterocycles. The molecule has 3 aromatic carbocycles. The Balaban J connectivity index is 0.000000178. The zero-order valence-electron chi connectivity index (χ0n) is 51.9. The number of halogens is 2. The van der Waals surface area contributed by atoms with Crippen LogP contribution in [0.5, 0.6) is 0 Å². The van der Waals surface area contributed by atoms with Crippen molar-refractivity contribution in [3.63, 3.8) is 0 Å². The van der Waals surface area contributed by atoms with Gasteiger partial charge in [0.2, 0.25) is 11.8 Å². The highest BCUT2D eigenvalue weighted by Gasteiger charge is 2.32. The highest BCUT2D eigenvalue weighted by molar-refractivity contribution is 7.98. The third kappa shape index (κ3) is 15.7. The lowest BCUT2D eigenvalue weighted by atomic mass is 9.91. The topological polar surface area (TPSA) is 397 Å². The van der Waals surface area contributed by atoms with E-state index in [2.05, 4.69) is 50.8 Å². The van der Waals surface area contributed by atoms with Gasteiger partial charge in [-0.1, -0.05) is 53.5 Å². The van der Waals surface area contributed by atoms with E-state index in [1.807, 2.05) is 75.4 Å². The van der Waals surface area contributed by atoms with Gasteiger partial charge in [0.25, 0.3) is 17.7 Å². The summed E-state index contributed by atoms with van der Waals surface area (Å²) in [6.45, 7) is 5.40. The number of carbonyl (C=O) groups excluding carboxylic acids is 6. The summed E-state index contributed by atoms with van der Waals surface area (Å²) in [5.41, 5.74) is 33.3. The van der Waals surface area contributed by atoms with Gasteiger partial charge in [-0.15, -0.1) is 24.8 Å². The predicted octanol–water partition coefficient (Wildman–Crippen LogP) is 7.97. The fourth-order valence-electron chi connectivity index (χ4n) is 12.2. The fraction of sp³-hybridized carbons (Fsp3) is 0.459. The zero-order chi connectivity index (χ0) is 64.1. The van der Waals surface area contributed by atoms with Gasteiger partial charge < -0.3 is 44.0 Å². The van der Waals surface area contributed by atoms with Gasteiger partial charge in [-0.05, 0) is 135 Å². The van der Waals surface area contributed by atoms with E-state index < -0.39 is 23.3 Å². The second-order valence-corrected chi connectivity index (χ2v) is 26.1. The summed E-state index contributed by atoms with van der Waals surface area (Å²) in [6.07, 6.45) is 21.4. The monoisotopic (exact) mass is 1350 g/mol. The van der Waals surface area contributed by atoms with Crippen molar-refractivity contribution in [1.29, 1.82) is 0 Å². The van der Waals surface area contributed by atoms with Crippen LogP contribution in [0.2, 0.25) is 0 Å². The molecule has 6 heterocycles. The minimum Gasteiger partial charge on any atom is -0.460 e. The highest BCUT2D eigenvalue weighted by Crippen LogP contribution is 2.39. The normalized spacial score (nSPS) is 19.0. The molecule has 0 aliphatic heterocycles. The number of fused-ring (bicyclic) bond motifs is 9. The second-order valence-electron chi connectivity index (χ2n) is 23.7. The Morgan fingerprint density at radius 1 is 0.511 bits per heavy atom. The third-order valence-electron chi connectivity index (χ3n) is 16.5. The minimum atomic E-state index is -0.580. The Morgan fingerprint density at radius 3 is 1.14 bits per heavy atom. The highest BCUT2D eigenvalue weighted by atomic mass is 35.5. The number of amides is 5. The first-order chi connectivity index (χ1) is 43.1. The average Bonchev–Trinajstić information content (AvgIpc) is 1.57. The van der Waals surface area contributed by atoms with Crippen molar-refractivity contribution in [1.82, 2.24) is 69.9 Å². The molecule has 31 heteroatoms. The zero-order valence-corrected chi connectivity index (χ0v) is 56.0. The number of nitrogens with two attached hydrogens (primary N) is 5. The largest absolute Gasteiger partial charge is 0.460 e. The minimum absolute atomic E-state index is 0. The molecule has 3 saturated carbocycles. The number of aromatic nitrogens is 12. The Bertz CT molecular complexity index is 4210. The van der Waals surface area contributed by atoms with Crippen LogP contribution in [-0.2, 0) is 19.1 Å². The number of ether oxygens (including phenoxy) is 1. The van der Waals surface area contributed by atoms with Crippen LogP contribution >= 0.6 is 60.1 Å². The number of esters is 1. The van der Waals surface area contributed by atoms with E-state index in [-0.39, 0.29) is 110 Å². The lowest BCUT2D eigenvalue weighted by Gasteiger charge is -2.30. The van der Waals surface area contributed by atoms with Crippen LogP contribution < -0.4 is 39.3 Å². The molecule has 26 nitrogen and oxygen atoms in total. The molecule has 12 rings (SSSR count). The Hall–Kier alpha value is -7.54. The number of primary amides is 3. The maximum absolute atomic E-state index is 12.4. The number of rotatable bonds is 15. The predicted molar refractivity (Wildman–Crippen MR) is 362 cm³/mol. The molecule has 0 atom stereocenters. The second kappa shape index (κ2) is 30.5. The summed E-state index contributed by atoms with van der Waals surface area (Å²) < 4.78 is 11.0. The summed E-state index contributed by atoms with van der Waals surface area (Å²) in [5, 5.41) is 26.6. The number of hydrogen-bond donors (Lipinski definition) is 7. The van der Waals surface area contributed by atoms with Gasteiger partial charge in [0, 0.05) is 75.5 Å². The van der Waals surface area contributed by atoms with Crippen LogP contribution in [0.4, 0.5) is 0 Å². The fourth-order valence-corrected chi connectivity index (χ4v) is 13.2. The first kappa shape index (κ1) is 70.3. The molecule has 12 N–H and O–H groups in total. The van der Waals surface area contributed by atoms with Crippen LogP contribution in [0, 0.1) is 0 Å². The van der Waals surface area contributed by atoms with Crippen molar-refractivity contribution in [2.75, 3.05) is 25.3 Å². The quantitative estimate of drug-likeness (QED) is 0.0290. The van der Waals surface area contributed by atoms with Gasteiger partial charge in [0.1, 0.15) is 22.2 Å². The van der Waals surface area contributed by atoms with Gasteiger partial charge in [-0.3, -0.25) is 42.8 Å². The molecule has 0 radical (unpaired) electrons. The average molecular weight is 1360 g/mol. The molecule has 5 amide bonds. The molecule has 0 bridgehead atoms. The molecule has 3 aliphatic carbocycles. The van der Waals surface area contributed by atoms with Crippen LogP contribution in [-0.4, -0.2) is 144 Å². The summed E-state index contributed by atoms with van der Waals surface area (Å²) in [6, 6.07) is 12.0. The van der Waals surface area contributed by atoms with Crippen molar-refractivity contribution in [3.05, 3.63) is 72.1 Å². The molecule has 3 fully saturated rings. The van der Waals surface area contributed by atoms with Crippen molar-refractivity contribution in [2.45, 2.75) is 168 Å². The number of benzene rings is 3. The van der Waals surface area contributed by atoms with Crippen LogP contribution in [0.15, 0.2) is 70.5 Å².